The zero-order chi connectivity index (χ0) is 14.5. The van der Waals surface area contributed by atoms with Crippen molar-refractivity contribution in [2.75, 3.05) is 5.43 Å². The van der Waals surface area contributed by atoms with Crippen LogP contribution in [-0.4, -0.2) is 31.0 Å². The van der Waals surface area contributed by atoms with Crippen LogP contribution in [0.1, 0.15) is 12.5 Å². The van der Waals surface area contributed by atoms with Crippen molar-refractivity contribution in [2.24, 2.45) is 5.10 Å². The smallest absolute Gasteiger partial charge is 0.493 e. The standard InChI is InChI=1S/C11H12N6O3/c1-2-16-10(13-11(15-16)17(19)20)14-12-7-8-5-3-4-6-9(8)18/h3-7,18H,2H2,1H3,(H,13,14,15)/b12-7-. The predicted molar refractivity (Wildman–Crippen MR) is 71.7 cm³/mol. The fourth-order valence-electron chi connectivity index (χ4n) is 1.47. The van der Waals surface area contributed by atoms with Crippen LogP contribution in [0.5, 0.6) is 5.75 Å². The highest BCUT2D eigenvalue weighted by Crippen LogP contribution is 2.14. The summed E-state index contributed by atoms with van der Waals surface area (Å²) in [6.07, 6.45) is 1.38. The quantitative estimate of drug-likeness (QED) is 0.483. The highest BCUT2D eigenvalue weighted by molar-refractivity contribution is 5.83. The molecule has 0 saturated carbocycles. The SMILES string of the molecule is CCn1nc([N+](=O)[O-])nc1N/N=C\c1ccccc1O. The Morgan fingerprint density at radius 3 is 2.95 bits per heavy atom. The Balaban J connectivity index is 2.14. The van der Waals surface area contributed by atoms with E-state index in [0.29, 0.717) is 12.1 Å². The highest BCUT2D eigenvalue weighted by atomic mass is 16.6. The molecule has 0 aliphatic heterocycles. The maximum Gasteiger partial charge on any atom is 0.493 e. The second-order valence-corrected chi connectivity index (χ2v) is 3.74. The van der Waals surface area contributed by atoms with Crippen LogP contribution >= 0.6 is 0 Å². The zero-order valence-corrected chi connectivity index (χ0v) is 10.6. The van der Waals surface area contributed by atoms with Crippen LogP contribution in [0.15, 0.2) is 29.4 Å². The number of para-hydroxylation sites is 1. The summed E-state index contributed by atoms with van der Waals surface area (Å²) in [7, 11) is 0. The van der Waals surface area contributed by atoms with Gasteiger partial charge in [-0.2, -0.15) is 9.78 Å². The summed E-state index contributed by atoms with van der Waals surface area (Å²) in [6.45, 7) is 2.19. The third-order valence-electron chi connectivity index (χ3n) is 2.43. The molecular weight excluding hydrogens is 264 g/mol. The fourth-order valence-corrected chi connectivity index (χ4v) is 1.47. The minimum absolute atomic E-state index is 0.0842. The van der Waals surface area contributed by atoms with E-state index in [2.05, 4.69) is 20.6 Å². The summed E-state index contributed by atoms with van der Waals surface area (Å²) in [6, 6.07) is 6.64. The Labute approximate surface area is 113 Å². The first kappa shape index (κ1) is 13.5. The number of phenolic OH excluding ortho intramolecular Hbond substituents is 1. The van der Waals surface area contributed by atoms with Gasteiger partial charge in [0.1, 0.15) is 5.75 Å². The molecule has 0 amide bonds. The molecular formula is C11H12N6O3. The van der Waals surface area contributed by atoms with Crippen LogP contribution in [0, 0.1) is 10.1 Å². The monoisotopic (exact) mass is 276 g/mol. The van der Waals surface area contributed by atoms with E-state index in [1.54, 1.807) is 25.1 Å². The van der Waals surface area contributed by atoms with Crippen LogP contribution in [0.3, 0.4) is 0 Å². The lowest BCUT2D eigenvalue weighted by molar-refractivity contribution is -0.394. The fraction of sp³-hybridized carbons (Fsp3) is 0.182. The molecule has 2 N–H and O–H groups in total. The van der Waals surface area contributed by atoms with Crippen molar-refractivity contribution in [3.8, 4) is 5.75 Å². The second-order valence-electron chi connectivity index (χ2n) is 3.74. The molecule has 0 saturated heterocycles. The lowest BCUT2D eigenvalue weighted by atomic mass is 10.2. The minimum Gasteiger partial charge on any atom is -0.507 e. The molecule has 104 valence electrons. The van der Waals surface area contributed by atoms with E-state index in [4.69, 9.17) is 0 Å². The number of phenols is 1. The van der Waals surface area contributed by atoms with Crippen molar-refractivity contribution >= 4 is 18.1 Å². The number of nitro groups is 1. The average Bonchev–Trinajstić information content (AvgIpc) is 2.84. The van der Waals surface area contributed by atoms with Gasteiger partial charge in [0.05, 0.1) is 12.8 Å². The van der Waals surface area contributed by atoms with Crippen molar-refractivity contribution < 1.29 is 10.0 Å². The zero-order valence-electron chi connectivity index (χ0n) is 10.6. The average molecular weight is 276 g/mol. The number of hydrogen-bond donors (Lipinski definition) is 2. The van der Waals surface area contributed by atoms with Gasteiger partial charge in [-0.3, -0.25) is 0 Å². The molecule has 2 rings (SSSR count). The van der Waals surface area contributed by atoms with Crippen LogP contribution in [-0.2, 0) is 6.54 Å². The second kappa shape index (κ2) is 5.78. The molecule has 0 aliphatic rings. The maximum absolute atomic E-state index is 10.6. The van der Waals surface area contributed by atoms with E-state index < -0.39 is 10.9 Å². The van der Waals surface area contributed by atoms with Crippen molar-refractivity contribution in [3.63, 3.8) is 0 Å². The number of hydrogen-bond acceptors (Lipinski definition) is 7. The molecule has 9 nitrogen and oxygen atoms in total. The number of aromatic nitrogens is 3. The van der Waals surface area contributed by atoms with Gasteiger partial charge in [0, 0.05) is 10.7 Å². The van der Waals surface area contributed by atoms with Crippen LogP contribution < -0.4 is 5.43 Å². The Morgan fingerprint density at radius 2 is 2.30 bits per heavy atom. The summed E-state index contributed by atoms with van der Waals surface area (Å²) in [5.74, 6) is -0.251. The van der Waals surface area contributed by atoms with Crippen LogP contribution in [0.25, 0.3) is 0 Å². The number of anilines is 1. The molecule has 1 heterocycles. The Morgan fingerprint density at radius 1 is 1.55 bits per heavy atom. The summed E-state index contributed by atoms with van der Waals surface area (Å²) >= 11 is 0. The predicted octanol–water partition coefficient (Wildman–Crippen LogP) is 1.36. The third kappa shape index (κ3) is 2.88. The minimum atomic E-state index is -0.677. The topological polar surface area (TPSA) is 118 Å². The van der Waals surface area contributed by atoms with Gasteiger partial charge in [0.2, 0.25) is 0 Å². The maximum atomic E-state index is 10.6. The van der Waals surface area contributed by atoms with Crippen LogP contribution in [0.2, 0.25) is 0 Å². The molecule has 0 aliphatic carbocycles. The van der Waals surface area contributed by atoms with Gasteiger partial charge in [-0.25, -0.2) is 5.43 Å². The normalized spacial score (nSPS) is 10.8. The number of benzene rings is 1. The molecule has 20 heavy (non-hydrogen) atoms. The number of rotatable bonds is 5. The molecule has 0 radical (unpaired) electrons. The number of aryl methyl sites for hydroxylation is 1. The first-order valence-electron chi connectivity index (χ1n) is 5.78. The van der Waals surface area contributed by atoms with Gasteiger partial charge < -0.3 is 15.2 Å². The molecule has 9 heteroatoms. The number of aromatic hydroxyl groups is 1. The Bertz CT molecular complexity index is 651. The Hall–Kier alpha value is -2.97. The van der Waals surface area contributed by atoms with Crippen molar-refractivity contribution in [2.45, 2.75) is 13.5 Å². The van der Waals surface area contributed by atoms with Gasteiger partial charge in [-0.05, 0) is 29.0 Å². The van der Waals surface area contributed by atoms with Gasteiger partial charge >= 0.3 is 11.9 Å². The van der Waals surface area contributed by atoms with Crippen molar-refractivity contribution in [3.05, 3.63) is 39.9 Å². The summed E-state index contributed by atoms with van der Waals surface area (Å²) in [4.78, 5) is 13.6. The number of hydrazone groups is 1. The highest BCUT2D eigenvalue weighted by Gasteiger charge is 2.19. The van der Waals surface area contributed by atoms with E-state index in [0.717, 1.165) is 0 Å². The van der Waals surface area contributed by atoms with E-state index in [1.165, 1.54) is 17.0 Å². The summed E-state index contributed by atoms with van der Waals surface area (Å²) in [5.41, 5.74) is 3.07. The third-order valence-corrected chi connectivity index (χ3v) is 2.43. The van der Waals surface area contributed by atoms with E-state index in [9.17, 15) is 15.2 Å². The van der Waals surface area contributed by atoms with E-state index in [-0.39, 0.29) is 11.7 Å². The first-order valence-corrected chi connectivity index (χ1v) is 5.78. The summed E-state index contributed by atoms with van der Waals surface area (Å²) < 4.78 is 1.32. The number of nitrogens with zero attached hydrogens (tertiary/aromatic N) is 5. The molecule has 0 spiro atoms. The number of nitrogens with one attached hydrogen (secondary N) is 1. The first-order chi connectivity index (χ1) is 9.61. The van der Waals surface area contributed by atoms with Gasteiger partial charge in [0.15, 0.2) is 0 Å². The summed E-state index contributed by atoms with van der Waals surface area (Å²) in [5, 5.41) is 27.7. The van der Waals surface area contributed by atoms with Crippen LogP contribution in [0.4, 0.5) is 11.9 Å². The molecule has 1 aromatic heterocycles. The van der Waals surface area contributed by atoms with Crippen molar-refractivity contribution in [1.82, 2.24) is 14.8 Å². The molecule has 1 aromatic carbocycles. The van der Waals surface area contributed by atoms with Crippen molar-refractivity contribution in [1.29, 1.82) is 0 Å². The Kier molecular flexibility index (Phi) is 3.89. The van der Waals surface area contributed by atoms with E-state index >= 15 is 0 Å². The lowest BCUT2D eigenvalue weighted by Gasteiger charge is -1.97. The largest absolute Gasteiger partial charge is 0.507 e. The molecule has 0 atom stereocenters. The van der Waals surface area contributed by atoms with E-state index in [1.807, 2.05) is 0 Å². The van der Waals surface area contributed by atoms with Gasteiger partial charge in [-0.1, -0.05) is 12.1 Å². The lowest BCUT2D eigenvalue weighted by Crippen LogP contribution is -2.03. The molecule has 0 bridgehead atoms. The van der Waals surface area contributed by atoms with Gasteiger partial charge in [-0.15, -0.1) is 0 Å². The van der Waals surface area contributed by atoms with Gasteiger partial charge in [0.25, 0.3) is 0 Å². The molecule has 2 aromatic rings. The molecule has 0 fully saturated rings. The molecule has 0 unspecified atom stereocenters.